The van der Waals surface area contributed by atoms with Crippen LogP contribution in [0.3, 0.4) is 0 Å². The van der Waals surface area contributed by atoms with Gasteiger partial charge < -0.3 is 5.32 Å². The Morgan fingerprint density at radius 2 is 1.73 bits per heavy atom. The summed E-state index contributed by atoms with van der Waals surface area (Å²) in [6.45, 7) is 1.06. The van der Waals surface area contributed by atoms with E-state index in [0.29, 0.717) is 6.07 Å². The Morgan fingerprint density at radius 1 is 1.05 bits per heavy atom. The van der Waals surface area contributed by atoms with Gasteiger partial charge in [0.15, 0.2) is 16.3 Å². The van der Waals surface area contributed by atoms with E-state index in [1.807, 2.05) is 0 Å². The molecular formula is C21H17F5N6O4S. The summed E-state index contributed by atoms with van der Waals surface area (Å²) in [7, 11) is 2.59. The van der Waals surface area contributed by atoms with Crippen LogP contribution in [0.25, 0.3) is 22.4 Å². The van der Waals surface area contributed by atoms with E-state index < -0.39 is 58.3 Å². The second-order valence-electron chi connectivity index (χ2n) is 7.86. The molecule has 16 heteroatoms. The fraction of sp³-hybridized carbons (Fsp3) is 0.286. The third-order valence-electron chi connectivity index (χ3n) is 5.62. The monoisotopic (exact) mass is 544 g/mol. The topological polar surface area (TPSA) is 113 Å². The van der Waals surface area contributed by atoms with Crippen molar-refractivity contribution in [2.24, 2.45) is 14.1 Å². The molecule has 3 heterocycles. The zero-order valence-electron chi connectivity index (χ0n) is 19.3. The van der Waals surface area contributed by atoms with E-state index in [-0.39, 0.29) is 28.5 Å². The van der Waals surface area contributed by atoms with Crippen LogP contribution < -0.4 is 22.3 Å². The number of benzene rings is 1. The van der Waals surface area contributed by atoms with Gasteiger partial charge in [0.1, 0.15) is 23.7 Å². The van der Waals surface area contributed by atoms with Crippen LogP contribution in [0.2, 0.25) is 0 Å². The van der Waals surface area contributed by atoms with Gasteiger partial charge >= 0.3 is 17.6 Å². The van der Waals surface area contributed by atoms with Crippen molar-refractivity contribution in [3.8, 4) is 11.3 Å². The van der Waals surface area contributed by atoms with Gasteiger partial charge in [-0.2, -0.15) is 13.2 Å². The predicted octanol–water partition coefficient (Wildman–Crippen LogP) is 2.28. The Bertz CT molecular complexity index is 1740. The number of anilines is 1. The van der Waals surface area contributed by atoms with Gasteiger partial charge in [0, 0.05) is 31.6 Å². The third-order valence-corrected chi connectivity index (χ3v) is 6.37. The fourth-order valence-electron chi connectivity index (χ4n) is 3.89. The molecule has 0 unspecified atom stereocenters. The lowest BCUT2D eigenvalue weighted by molar-refractivity contribution is -0.142. The first-order chi connectivity index (χ1) is 17.3. The Morgan fingerprint density at radius 3 is 2.35 bits per heavy atom. The van der Waals surface area contributed by atoms with Crippen LogP contribution in [0.15, 0.2) is 31.9 Å². The van der Waals surface area contributed by atoms with Gasteiger partial charge in [-0.05, 0) is 19.1 Å². The van der Waals surface area contributed by atoms with E-state index in [0.717, 1.165) is 41.1 Å². The number of hydrogen-bond acceptors (Lipinski definition) is 6. The number of hydrogen-bond donors (Lipinski definition) is 1. The summed E-state index contributed by atoms with van der Waals surface area (Å²) < 4.78 is 71.1. The Kier molecular flexibility index (Phi) is 6.39. The Balaban J connectivity index is 1.68. The molecule has 0 bridgehead atoms. The summed E-state index contributed by atoms with van der Waals surface area (Å²) in [5.74, 6) is -4.46. The second kappa shape index (κ2) is 9.10. The Hall–Kier alpha value is -4.08. The highest BCUT2D eigenvalue weighted by Crippen LogP contribution is 2.38. The minimum atomic E-state index is -5.28. The quantitative estimate of drug-likeness (QED) is 0.388. The molecule has 0 saturated carbocycles. The molecule has 0 aliphatic heterocycles. The van der Waals surface area contributed by atoms with Gasteiger partial charge in [0.2, 0.25) is 5.91 Å². The van der Waals surface area contributed by atoms with E-state index >= 15 is 0 Å². The van der Waals surface area contributed by atoms with Crippen LogP contribution in [0.5, 0.6) is 0 Å². The van der Waals surface area contributed by atoms with Gasteiger partial charge in [-0.25, -0.2) is 23.4 Å². The van der Waals surface area contributed by atoms with E-state index in [1.54, 1.807) is 6.92 Å². The van der Waals surface area contributed by atoms with Crippen LogP contribution in [0, 0.1) is 11.6 Å². The van der Waals surface area contributed by atoms with Crippen molar-refractivity contribution in [2.75, 3.05) is 5.32 Å². The highest BCUT2D eigenvalue weighted by Gasteiger charge is 2.39. The largest absolute Gasteiger partial charge is 0.422 e. The number of nitrogens with zero attached hydrogens (tertiary/aromatic N) is 5. The van der Waals surface area contributed by atoms with Crippen molar-refractivity contribution in [3.05, 3.63) is 66.0 Å². The summed E-state index contributed by atoms with van der Waals surface area (Å²) in [5.41, 5.74) is -5.32. The molecule has 4 rings (SSSR count). The number of imidazole rings is 1. The molecule has 37 heavy (non-hydrogen) atoms. The van der Waals surface area contributed by atoms with Crippen LogP contribution >= 0.6 is 11.3 Å². The number of aryl methyl sites for hydroxylation is 2. The van der Waals surface area contributed by atoms with Crippen molar-refractivity contribution < 1.29 is 26.7 Å². The molecule has 0 saturated heterocycles. The first-order valence-electron chi connectivity index (χ1n) is 10.5. The number of amides is 1. The molecule has 10 nitrogen and oxygen atoms in total. The number of rotatable bonds is 5. The lowest BCUT2D eigenvalue weighted by atomic mass is 10.1. The van der Waals surface area contributed by atoms with Crippen molar-refractivity contribution in [1.29, 1.82) is 0 Å². The minimum absolute atomic E-state index is 0.0252. The molecule has 0 atom stereocenters. The number of thiazole rings is 1. The van der Waals surface area contributed by atoms with E-state index in [9.17, 15) is 41.1 Å². The maximum absolute atomic E-state index is 14.5. The number of alkyl halides is 3. The predicted molar refractivity (Wildman–Crippen MR) is 123 cm³/mol. The summed E-state index contributed by atoms with van der Waals surface area (Å²) in [4.78, 5) is 54.6. The van der Waals surface area contributed by atoms with E-state index in [1.165, 1.54) is 14.1 Å². The van der Waals surface area contributed by atoms with Crippen LogP contribution in [0.1, 0.15) is 12.5 Å². The standard InChI is InChI=1S/C21H17F5N6O4S/c1-4-31-16-15(17(34)30(3)19(35)29(16)2)32(20(31)36)7-12(33)28-18-27-11(8-37-18)9-5-6-10(22)13(14(9)23)21(24,25)26/h5-6,8H,4,7H2,1-3H3,(H,27,28,33). The van der Waals surface area contributed by atoms with Gasteiger partial charge in [0.05, 0.1) is 5.69 Å². The molecule has 4 aromatic rings. The number of fused-ring (bicyclic) bond motifs is 1. The summed E-state index contributed by atoms with van der Waals surface area (Å²) in [6, 6.07) is 1.25. The maximum atomic E-state index is 14.5. The number of carbonyl (C=O) groups excluding carboxylic acids is 1. The number of nitrogens with one attached hydrogen (secondary N) is 1. The van der Waals surface area contributed by atoms with Crippen LogP contribution in [0.4, 0.5) is 27.1 Å². The first kappa shape index (κ1) is 26.0. The zero-order chi connectivity index (χ0) is 27.4. The smallest absolute Gasteiger partial charge is 0.300 e. The molecule has 0 fully saturated rings. The molecule has 0 spiro atoms. The van der Waals surface area contributed by atoms with E-state index in [4.69, 9.17) is 0 Å². The summed E-state index contributed by atoms with van der Waals surface area (Å²) in [6.07, 6.45) is -5.28. The summed E-state index contributed by atoms with van der Waals surface area (Å²) in [5, 5.41) is 3.35. The second-order valence-corrected chi connectivity index (χ2v) is 8.72. The van der Waals surface area contributed by atoms with Crippen LogP contribution in [-0.2, 0) is 38.2 Å². The highest BCUT2D eigenvalue weighted by atomic mass is 32.1. The molecule has 0 aliphatic carbocycles. The lowest BCUT2D eigenvalue weighted by Crippen LogP contribution is -2.38. The van der Waals surface area contributed by atoms with Gasteiger partial charge in [-0.1, -0.05) is 0 Å². The van der Waals surface area contributed by atoms with E-state index in [2.05, 4.69) is 10.3 Å². The fourth-order valence-corrected chi connectivity index (χ4v) is 4.62. The average molecular weight is 544 g/mol. The maximum Gasteiger partial charge on any atom is 0.422 e. The van der Waals surface area contributed by atoms with Crippen molar-refractivity contribution in [3.63, 3.8) is 0 Å². The average Bonchev–Trinajstić information content (AvgIpc) is 3.37. The number of halogens is 5. The molecule has 0 radical (unpaired) electrons. The van der Waals surface area contributed by atoms with Crippen molar-refractivity contribution >= 4 is 33.5 Å². The molecular weight excluding hydrogens is 527 g/mol. The van der Waals surface area contributed by atoms with Gasteiger partial charge in [-0.3, -0.25) is 27.9 Å². The molecule has 1 N–H and O–H groups in total. The summed E-state index contributed by atoms with van der Waals surface area (Å²) >= 11 is 0.748. The normalized spacial score (nSPS) is 11.9. The van der Waals surface area contributed by atoms with Gasteiger partial charge in [-0.15, -0.1) is 11.3 Å². The highest BCUT2D eigenvalue weighted by molar-refractivity contribution is 7.14. The molecule has 196 valence electrons. The number of aromatic nitrogens is 5. The van der Waals surface area contributed by atoms with Crippen molar-refractivity contribution in [1.82, 2.24) is 23.3 Å². The van der Waals surface area contributed by atoms with Gasteiger partial charge in [0.25, 0.3) is 5.56 Å². The zero-order valence-corrected chi connectivity index (χ0v) is 20.1. The minimum Gasteiger partial charge on any atom is -0.300 e. The first-order valence-corrected chi connectivity index (χ1v) is 11.4. The third kappa shape index (κ3) is 4.26. The molecule has 0 aliphatic rings. The van der Waals surface area contributed by atoms with Crippen molar-refractivity contribution in [2.45, 2.75) is 26.2 Å². The number of carbonyl (C=O) groups is 1. The van der Waals surface area contributed by atoms with Crippen LogP contribution in [-0.4, -0.2) is 29.2 Å². The SMILES string of the molecule is CCn1c(=O)n(CC(=O)Nc2nc(-c3ccc(F)c(C(F)(F)F)c3F)cs2)c2c(=O)n(C)c(=O)n(C)c21. The molecule has 1 amide bonds. The Labute approximate surface area is 206 Å². The molecule has 1 aromatic carbocycles. The lowest BCUT2D eigenvalue weighted by Gasteiger charge is -2.11. The molecule has 3 aromatic heterocycles.